The van der Waals surface area contributed by atoms with Crippen molar-refractivity contribution in [3.63, 3.8) is 0 Å². The van der Waals surface area contributed by atoms with Gasteiger partial charge in [-0.2, -0.15) is 12.6 Å². The molecule has 0 radical (unpaired) electrons. The highest BCUT2D eigenvalue weighted by Gasteiger charge is 2.31. The first-order valence-corrected chi connectivity index (χ1v) is 5.40. The van der Waals surface area contributed by atoms with Crippen LogP contribution < -0.4 is 0 Å². The van der Waals surface area contributed by atoms with Gasteiger partial charge in [0.05, 0.1) is 0 Å². The van der Waals surface area contributed by atoms with Gasteiger partial charge >= 0.3 is 0 Å². The summed E-state index contributed by atoms with van der Waals surface area (Å²) in [6.45, 7) is 7.50. The maximum Gasteiger partial charge on any atom is 0.283 e. The molecule has 0 aromatic heterocycles. The van der Waals surface area contributed by atoms with E-state index in [0.717, 1.165) is 0 Å². The van der Waals surface area contributed by atoms with E-state index in [1.807, 2.05) is 20.8 Å². The van der Waals surface area contributed by atoms with Crippen LogP contribution in [0.1, 0.15) is 27.2 Å². The van der Waals surface area contributed by atoms with Gasteiger partial charge < -0.3 is 14.2 Å². The molecule has 3 nitrogen and oxygen atoms in total. The summed E-state index contributed by atoms with van der Waals surface area (Å²) in [6, 6.07) is 0. The zero-order valence-electron chi connectivity index (χ0n) is 8.71. The largest absolute Gasteiger partial charge is 0.328 e. The number of ether oxygens (including phenoxy) is 3. The quantitative estimate of drug-likeness (QED) is 0.489. The Balaban J connectivity index is 4.19. The standard InChI is InChI=1S/C9H20O3S/c1-4-10-9(7-8-13,11-5-2)12-6-3/h13H,4-8H2,1-3H3. The predicted molar refractivity (Wildman–Crippen MR) is 56.1 cm³/mol. The second kappa shape index (κ2) is 7.62. The van der Waals surface area contributed by atoms with E-state index in [-0.39, 0.29) is 0 Å². The van der Waals surface area contributed by atoms with Gasteiger partial charge in [-0.05, 0) is 26.5 Å². The summed E-state index contributed by atoms with van der Waals surface area (Å²) in [5, 5.41) is 0. The molecule has 0 aromatic carbocycles. The molecule has 0 aliphatic rings. The summed E-state index contributed by atoms with van der Waals surface area (Å²) in [6.07, 6.45) is 0.644. The van der Waals surface area contributed by atoms with E-state index in [4.69, 9.17) is 14.2 Å². The Morgan fingerprint density at radius 1 is 0.923 bits per heavy atom. The zero-order chi connectivity index (χ0) is 10.2. The van der Waals surface area contributed by atoms with Crippen LogP contribution in [0.15, 0.2) is 0 Å². The fourth-order valence-electron chi connectivity index (χ4n) is 1.14. The molecule has 0 unspecified atom stereocenters. The third-order valence-corrected chi connectivity index (χ3v) is 1.73. The molecule has 0 aliphatic heterocycles. The summed E-state index contributed by atoms with van der Waals surface area (Å²) in [5.41, 5.74) is 0. The molecule has 0 rings (SSSR count). The lowest BCUT2D eigenvalue weighted by Crippen LogP contribution is -2.40. The van der Waals surface area contributed by atoms with E-state index in [0.29, 0.717) is 32.0 Å². The van der Waals surface area contributed by atoms with Crippen molar-refractivity contribution in [3.8, 4) is 0 Å². The van der Waals surface area contributed by atoms with Crippen molar-refractivity contribution in [2.24, 2.45) is 0 Å². The summed E-state index contributed by atoms with van der Waals surface area (Å²) in [5.74, 6) is -0.194. The molecular formula is C9H20O3S. The second-order valence-corrected chi connectivity index (χ2v) is 2.90. The molecule has 0 saturated carbocycles. The third-order valence-electron chi connectivity index (χ3n) is 1.51. The van der Waals surface area contributed by atoms with Gasteiger partial charge in [-0.1, -0.05) is 0 Å². The molecule has 0 atom stereocenters. The van der Waals surface area contributed by atoms with Crippen molar-refractivity contribution in [1.29, 1.82) is 0 Å². The van der Waals surface area contributed by atoms with E-state index in [1.165, 1.54) is 0 Å². The summed E-state index contributed by atoms with van der Waals surface area (Å²) >= 11 is 4.15. The molecule has 0 amide bonds. The van der Waals surface area contributed by atoms with Gasteiger partial charge in [-0.15, -0.1) is 0 Å². The Labute approximate surface area is 86.2 Å². The van der Waals surface area contributed by atoms with Gasteiger partial charge in [0.1, 0.15) is 0 Å². The number of hydrogen-bond donors (Lipinski definition) is 1. The first-order chi connectivity index (χ1) is 6.24. The molecule has 0 bridgehead atoms. The lowest BCUT2D eigenvalue weighted by Gasteiger charge is -2.31. The predicted octanol–water partition coefficient (Wildman–Crippen LogP) is 2.07. The molecule has 0 N–H and O–H groups in total. The molecule has 0 heterocycles. The minimum Gasteiger partial charge on any atom is -0.328 e. The van der Waals surface area contributed by atoms with Gasteiger partial charge in [-0.25, -0.2) is 0 Å². The molecule has 0 fully saturated rings. The fourth-order valence-corrected chi connectivity index (χ4v) is 1.41. The van der Waals surface area contributed by atoms with E-state index in [1.54, 1.807) is 0 Å². The average Bonchev–Trinajstić information content (AvgIpc) is 2.06. The van der Waals surface area contributed by atoms with Crippen LogP contribution >= 0.6 is 12.6 Å². The first kappa shape index (κ1) is 13.2. The van der Waals surface area contributed by atoms with Crippen LogP contribution in [-0.4, -0.2) is 31.5 Å². The van der Waals surface area contributed by atoms with E-state index in [9.17, 15) is 0 Å². The van der Waals surface area contributed by atoms with Crippen molar-refractivity contribution < 1.29 is 14.2 Å². The van der Waals surface area contributed by atoms with Crippen molar-refractivity contribution in [1.82, 2.24) is 0 Å². The van der Waals surface area contributed by atoms with Crippen LogP contribution in [0, 0.1) is 0 Å². The fraction of sp³-hybridized carbons (Fsp3) is 1.00. The zero-order valence-corrected chi connectivity index (χ0v) is 9.60. The lowest BCUT2D eigenvalue weighted by molar-refractivity contribution is -0.377. The van der Waals surface area contributed by atoms with E-state index in [2.05, 4.69) is 12.6 Å². The van der Waals surface area contributed by atoms with Crippen molar-refractivity contribution >= 4 is 12.6 Å². The molecule has 0 spiro atoms. The van der Waals surface area contributed by atoms with Gasteiger partial charge in [-0.3, -0.25) is 0 Å². The highest BCUT2D eigenvalue weighted by molar-refractivity contribution is 7.80. The molecule has 13 heavy (non-hydrogen) atoms. The number of thiol groups is 1. The normalized spacial score (nSPS) is 12.0. The SMILES string of the molecule is CCOC(CCS)(OCC)OCC. The van der Waals surface area contributed by atoms with Gasteiger partial charge in [0.25, 0.3) is 5.97 Å². The van der Waals surface area contributed by atoms with E-state index < -0.39 is 5.97 Å². The Bertz CT molecular complexity index is 89.9. The van der Waals surface area contributed by atoms with Crippen LogP contribution in [0.25, 0.3) is 0 Å². The van der Waals surface area contributed by atoms with E-state index >= 15 is 0 Å². The van der Waals surface area contributed by atoms with Gasteiger partial charge in [0, 0.05) is 26.2 Å². The summed E-state index contributed by atoms with van der Waals surface area (Å²) in [7, 11) is 0. The molecule has 80 valence electrons. The van der Waals surface area contributed by atoms with Crippen molar-refractivity contribution in [2.45, 2.75) is 33.2 Å². The number of hydrogen-bond acceptors (Lipinski definition) is 4. The Morgan fingerprint density at radius 3 is 1.54 bits per heavy atom. The Morgan fingerprint density at radius 2 is 1.31 bits per heavy atom. The monoisotopic (exact) mass is 208 g/mol. The first-order valence-electron chi connectivity index (χ1n) is 4.77. The average molecular weight is 208 g/mol. The maximum atomic E-state index is 5.46. The Hall–Kier alpha value is 0.230. The minimum atomic E-state index is -0.875. The Kier molecular flexibility index (Phi) is 7.75. The van der Waals surface area contributed by atoms with Crippen LogP contribution in [0.3, 0.4) is 0 Å². The smallest absolute Gasteiger partial charge is 0.283 e. The molecule has 4 heteroatoms. The van der Waals surface area contributed by atoms with Crippen LogP contribution in [-0.2, 0) is 14.2 Å². The molecule has 0 saturated heterocycles. The summed E-state index contributed by atoms with van der Waals surface area (Å²) in [4.78, 5) is 0. The highest BCUT2D eigenvalue weighted by Crippen LogP contribution is 2.20. The molecule has 0 aliphatic carbocycles. The second-order valence-electron chi connectivity index (χ2n) is 2.46. The highest BCUT2D eigenvalue weighted by atomic mass is 32.1. The number of rotatable bonds is 8. The van der Waals surface area contributed by atoms with Crippen LogP contribution in [0.2, 0.25) is 0 Å². The molecule has 0 aromatic rings. The third kappa shape index (κ3) is 4.86. The van der Waals surface area contributed by atoms with Crippen LogP contribution in [0.5, 0.6) is 0 Å². The van der Waals surface area contributed by atoms with Gasteiger partial charge in [0.15, 0.2) is 0 Å². The topological polar surface area (TPSA) is 27.7 Å². The van der Waals surface area contributed by atoms with Crippen molar-refractivity contribution in [3.05, 3.63) is 0 Å². The molecular weight excluding hydrogens is 188 g/mol. The van der Waals surface area contributed by atoms with Gasteiger partial charge in [0.2, 0.25) is 0 Å². The lowest BCUT2D eigenvalue weighted by atomic mass is 10.4. The minimum absolute atomic E-state index is 0.577. The van der Waals surface area contributed by atoms with Crippen molar-refractivity contribution in [2.75, 3.05) is 25.6 Å². The summed E-state index contributed by atoms with van der Waals surface area (Å²) < 4.78 is 16.4. The van der Waals surface area contributed by atoms with Crippen LogP contribution in [0.4, 0.5) is 0 Å². The maximum absolute atomic E-state index is 5.46.